The van der Waals surface area contributed by atoms with E-state index in [1.807, 2.05) is 37.3 Å². The molecule has 6 heteroatoms. The topological polar surface area (TPSA) is 97.1 Å². The van der Waals surface area contributed by atoms with Crippen molar-refractivity contribution in [2.75, 3.05) is 5.32 Å². The first kappa shape index (κ1) is 20.2. The van der Waals surface area contributed by atoms with Crippen LogP contribution in [0.5, 0.6) is 0 Å². The summed E-state index contributed by atoms with van der Waals surface area (Å²) in [5.41, 5.74) is 9.22. The van der Waals surface area contributed by atoms with Crippen LogP contribution in [-0.4, -0.2) is 16.8 Å². The van der Waals surface area contributed by atoms with Crippen LogP contribution in [0.1, 0.15) is 46.9 Å². The highest BCUT2D eigenvalue weighted by molar-refractivity contribution is 6.04. The quantitative estimate of drug-likeness (QED) is 0.576. The molecule has 0 aliphatic heterocycles. The minimum atomic E-state index is -0.449. The highest BCUT2D eigenvalue weighted by Gasteiger charge is 2.15. The fraction of sp³-hybridized carbons (Fsp3) is 0.174. The van der Waals surface area contributed by atoms with Crippen molar-refractivity contribution in [1.29, 1.82) is 0 Å². The Bertz CT molecular complexity index is 944. The number of pyridine rings is 1. The van der Waals surface area contributed by atoms with E-state index in [1.54, 1.807) is 48.8 Å². The van der Waals surface area contributed by atoms with Crippen molar-refractivity contribution < 1.29 is 9.59 Å². The summed E-state index contributed by atoms with van der Waals surface area (Å²) in [5.74, 6) is -0.334. The van der Waals surface area contributed by atoms with E-state index < -0.39 is 6.04 Å². The number of nitrogens with zero attached hydrogens (tertiary/aromatic N) is 1. The molecule has 0 radical (unpaired) electrons. The molecule has 2 amide bonds. The summed E-state index contributed by atoms with van der Waals surface area (Å²) in [6, 6.07) is 19.6. The Morgan fingerprint density at radius 1 is 0.931 bits per heavy atom. The first-order valence-corrected chi connectivity index (χ1v) is 9.44. The first-order chi connectivity index (χ1) is 14.0. The predicted octanol–water partition coefficient (Wildman–Crippen LogP) is 3.60. The molecule has 0 aliphatic rings. The van der Waals surface area contributed by atoms with Crippen molar-refractivity contribution in [3.63, 3.8) is 0 Å². The van der Waals surface area contributed by atoms with Crippen LogP contribution < -0.4 is 16.4 Å². The molecule has 0 spiro atoms. The smallest absolute Gasteiger partial charge is 0.255 e. The van der Waals surface area contributed by atoms with Gasteiger partial charge in [-0.05, 0) is 42.3 Å². The summed E-state index contributed by atoms with van der Waals surface area (Å²) >= 11 is 0. The number of amides is 2. The van der Waals surface area contributed by atoms with Gasteiger partial charge in [0, 0.05) is 36.1 Å². The highest BCUT2D eigenvalue weighted by atomic mass is 16.2. The lowest BCUT2D eigenvalue weighted by Crippen LogP contribution is -2.29. The molecule has 0 bridgehead atoms. The summed E-state index contributed by atoms with van der Waals surface area (Å²) in [6.07, 6.45) is 3.39. The Morgan fingerprint density at radius 2 is 1.59 bits per heavy atom. The van der Waals surface area contributed by atoms with Crippen LogP contribution in [-0.2, 0) is 4.79 Å². The zero-order valence-electron chi connectivity index (χ0n) is 16.2. The summed E-state index contributed by atoms with van der Waals surface area (Å²) in [7, 11) is 0. The summed E-state index contributed by atoms with van der Waals surface area (Å²) in [4.78, 5) is 28.5. The number of nitrogens with one attached hydrogen (secondary N) is 2. The van der Waals surface area contributed by atoms with Crippen LogP contribution in [0.3, 0.4) is 0 Å². The van der Waals surface area contributed by atoms with E-state index in [0.717, 1.165) is 11.1 Å². The molecule has 6 nitrogen and oxygen atoms in total. The fourth-order valence-corrected chi connectivity index (χ4v) is 2.96. The van der Waals surface area contributed by atoms with Gasteiger partial charge in [-0.25, -0.2) is 0 Å². The molecule has 0 saturated carbocycles. The number of hydrogen-bond acceptors (Lipinski definition) is 4. The number of hydrogen-bond donors (Lipinski definition) is 3. The highest BCUT2D eigenvalue weighted by Crippen LogP contribution is 2.17. The van der Waals surface area contributed by atoms with Crippen molar-refractivity contribution >= 4 is 17.5 Å². The van der Waals surface area contributed by atoms with Crippen LogP contribution in [0.25, 0.3) is 0 Å². The molecule has 148 valence electrons. The van der Waals surface area contributed by atoms with Gasteiger partial charge in [0.25, 0.3) is 5.91 Å². The molecule has 0 aliphatic carbocycles. The second kappa shape index (κ2) is 9.61. The Balaban J connectivity index is 1.55. The second-order valence-electron chi connectivity index (χ2n) is 6.82. The molecule has 2 unspecified atom stereocenters. The predicted molar refractivity (Wildman–Crippen MR) is 113 cm³/mol. The largest absolute Gasteiger partial charge is 0.350 e. The lowest BCUT2D eigenvalue weighted by Gasteiger charge is -2.17. The van der Waals surface area contributed by atoms with Gasteiger partial charge in [0.15, 0.2) is 0 Å². The van der Waals surface area contributed by atoms with Crippen LogP contribution in [0.2, 0.25) is 0 Å². The minimum absolute atomic E-state index is 0.0878. The third-order valence-electron chi connectivity index (χ3n) is 4.62. The van der Waals surface area contributed by atoms with Crippen molar-refractivity contribution in [1.82, 2.24) is 10.3 Å². The van der Waals surface area contributed by atoms with Gasteiger partial charge in [-0.2, -0.15) is 0 Å². The van der Waals surface area contributed by atoms with Crippen molar-refractivity contribution in [2.24, 2.45) is 5.73 Å². The molecular formula is C23H24N4O2. The van der Waals surface area contributed by atoms with Crippen LogP contribution in [0, 0.1) is 0 Å². The number of carbonyl (C=O) groups excluding carboxylic acids is 2. The zero-order valence-corrected chi connectivity index (χ0v) is 16.2. The zero-order chi connectivity index (χ0) is 20.6. The average Bonchev–Trinajstić information content (AvgIpc) is 2.75. The van der Waals surface area contributed by atoms with Gasteiger partial charge in [-0.1, -0.05) is 42.5 Å². The van der Waals surface area contributed by atoms with Gasteiger partial charge in [0.1, 0.15) is 0 Å². The van der Waals surface area contributed by atoms with E-state index in [1.165, 1.54) is 0 Å². The monoisotopic (exact) mass is 388 g/mol. The molecule has 1 aromatic heterocycles. The molecule has 4 N–H and O–H groups in total. The maximum atomic E-state index is 12.3. The maximum Gasteiger partial charge on any atom is 0.255 e. The third-order valence-corrected chi connectivity index (χ3v) is 4.62. The molecule has 2 aromatic carbocycles. The molecule has 2 atom stereocenters. The number of benzene rings is 2. The van der Waals surface area contributed by atoms with Crippen molar-refractivity contribution in [3.8, 4) is 0 Å². The molecule has 3 aromatic rings. The maximum absolute atomic E-state index is 12.3. The Kier molecular flexibility index (Phi) is 6.71. The minimum Gasteiger partial charge on any atom is -0.350 e. The van der Waals surface area contributed by atoms with Crippen LogP contribution >= 0.6 is 0 Å². The Labute approximate surface area is 170 Å². The SMILES string of the molecule is CC(NC(=O)CC(N)c1ccc(C(=O)Nc2ccncc2)cc1)c1ccccc1. The summed E-state index contributed by atoms with van der Waals surface area (Å²) in [5, 5.41) is 5.77. The molecule has 1 heterocycles. The summed E-state index contributed by atoms with van der Waals surface area (Å²) in [6.45, 7) is 1.94. The second-order valence-corrected chi connectivity index (χ2v) is 6.82. The average molecular weight is 388 g/mol. The van der Waals surface area contributed by atoms with E-state index >= 15 is 0 Å². The number of carbonyl (C=O) groups is 2. The Hall–Kier alpha value is -3.51. The molecule has 29 heavy (non-hydrogen) atoms. The Morgan fingerprint density at radius 3 is 2.24 bits per heavy atom. The molecule has 0 saturated heterocycles. The van der Waals surface area contributed by atoms with Gasteiger partial charge in [0.05, 0.1) is 6.04 Å². The third kappa shape index (κ3) is 5.73. The lowest BCUT2D eigenvalue weighted by atomic mass is 10.0. The fourth-order valence-electron chi connectivity index (χ4n) is 2.96. The number of rotatable bonds is 7. The van der Waals surface area contributed by atoms with Gasteiger partial charge in [0.2, 0.25) is 5.91 Å². The van der Waals surface area contributed by atoms with Crippen LogP contribution in [0.15, 0.2) is 79.1 Å². The van der Waals surface area contributed by atoms with Crippen LogP contribution in [0.4, 0.5) is 5.69 Å². The van der Waals surface area contributed by atoms with E-state index in [0.29, 0.717) is 11.3 Å². The molecule has 3 rings (SSSR count). The van der Waals surface area contributed by atoms with Crippen molar-refractivity contribution in [2.45, 2.75) is 25.4 Å². The first-order valence-electron chi connectivity index (χ1n) is 9.44. The normalized spacial score (nSPS) is 12.6. The van der Waals surface area contributed by atoms with Gasteiger partial charge in [-0.3, -0.25) is 14.6 Å². The molecular weight excluding hydrogens is 364 g/mol. The van der Waals surface area contributed by atoms with Crippen molar-refractivity contribution in [3.05, 3.63) is 95.8 Å². The number of aromatic nitrogens is 1. The van der Waals surface area contributed by atoms with Gasteiger partial charge < -0.3 is 16.4 Å². The van der Waals surface area contributed by atoms with E-state index in [4.69, 9.17) is 5.73 Å². The lowest BCUT2D eigenvalue weighted by molar-refractivity contribution is -0.122. The standard InChI is InChI=1S/C23H24N4O2/c1-16(17-5-3-2-4-6-17)26-22(28)15-21(24)18-7-9-19(10-8-18)23(29)27-20-11-13-25-14-12-20/h2-14,16,21H,15,24H2,1H3,(H,26,28)(H,25,27,29). The van der Waals surface area contributed by atoms with E-state index in [-0.39, 0.29) is 24.3 Å². The van der Waals surface area contributed by atoms with E-state index in [2.05, 4.69) is 15.6 Å². The van der Waals surface area contributed by atoms with Gasteiger partial charge >= 0.3 is 0 Å². The van der Waals surface area contributed by atoms with E-state index in [9.17, 15) is 9.59 Å². The number of nitrogens with two attached hydrogens (primary N) is 1. The summed E-state index contributed by atoms with van der Waals surface area (Å²) < 4.78 is 0. The number of anilines is 1. The molecule has 0 fully saturated rings. The van der Waals surface area contributed by atoms with Gasteiger partial charge in [-0.15, -0.1) is 0 Å².